The van der Waals surface area contributed by atoms with Gasteiger partial charge in [-0.3, -0.25) is 4.90 Å². The van der Waals surface area contributed by atoms with E-state index in [4.69, 9.17) is 9.52 Å². The minimum Gasteiger partial charge on any atom is -0.475 e. The third-order valence-corrected chi connectivity index (χ3v) is 2.73. The summed E-state index contributed by atoms with van der Waals surface area (Å²) in [5, 5.41) is 8.88. The highest BCUT2D eigenvalue weighted by Crippen LogP contribution is 2.16. The van der Waals surface area contributed by atoms with Gasteiger partial charge >= 0.3 is 5.97 Å². The van der Waals surface area contributed by atoms with Crippen LogP contribution in [0.5, 0.6) is 0 Å². The maximum Gasteiger partial charge on any atom is 0.372 e. The number of hydrogen-bond acceptors (Lipinski definition) is 3. The number of hydrogen-bond donors (Lipinski definition) is 1. The van der Waals surface area contributed by atoms with E-state index in [0.29, 0.717) is 12.1 Å². The van der Waals surface area contributed by atoms with Gasteiger partial charge in [-0.1, -0.05) is 19.8 Å². The number of unbranched alkanes of at least 4 members (excludes halogenated alkanes) is 2. The van der Waals surface area contributed by atoms with Crippen LogP contribution in [0.4, 0.5) is 0 Å². The van der Waals surface area contributed by atoms with Crippen LogP contribution in [-0.2, 0) is 6.54 Å². The Bertz CT molecular complexity index is 371. The fraction of sp³-hybridized carbons (Fsp3) is 0.615. The molecule has 0 aliphatic carbocycles. The summed E-state index contributed by atoms with van der Waals surface area (Å²) in [5.74, 6) is -0.219. The smallest absolute Gasteiger partial charge is 0.372 e. The van der Waals surface area contributed by atoms with E-state index in [1.54, 1.807) is 13.0 Å². The molecule has 1 heterocycles. The van der Waals surface area contributed by atoms with Crippen LogP contribution in [0, 0.1) is 6.92 Å². The highest BCUT2D eigenvalue weighted by molar-refractivity contribution is 5.86. The summed E-state index contributed by atoms with van der Waals surface area (Å²) < 4.78 is 5.31. The van der Waals surface area contributed by atoms with Gasteiger partial charge in [0.25, 0.3) is 0 Å². The van der Waals surface area contributed by atoms with E-state index < -0.39 is 5.97 Å². The number of carboxylic acids is 1. The minimum atomic E-state index is -0.998. The Labute approximate surface area is 102 Å². The Morgan fingerprint density at radius 1 is 1.47 bits per heavy atom. The first-order valence-corrected chi connectivity index (χ1v) is 6.05. The normalized spacial score (nSPS) is 11.1. The van der Waals surface area contributed by atoms with Crippen molar-refractivity contribution < 1.29 is 14.3 Å². The summed E-state index contributed by atoms with van der Waals surface area (Å²) in [4.78, 5) is 13.0. The number of rotatable bonds is 7. The van der Waals surface area contributed by atoms with Crippen molar-refractivity contribution in [3.63, 3.8) is 0 Å². The third-order valence-electron chi connectivity index (χ3n) is 2.73. The van der Waals surface area contributed by atoms with Crippen molar-refractivity contribution in [2.45, 2.75) is 39.7 Å². The zero-order valence-electron chi connectivity index (χ0n) is 10.8. The number of carbonyl (C=O) groups is 1. The maximum absolute atomic E-state index is 10.8. The topological polar surface area (TPSA) is 53.7 Å². The summed E-state index contributed by atoms with van der Waals surface area (Å²) in [5.41, 5.74) is 0.689. The molecule has 4 heteroatoms. The average molecular weight is 239 g/mol. The van der Waals surface area contributed by atoms with Crippen molar-refractivity contribution in [1.29, 1.82) is 0 Å². The first-order chi connectivity index (χ1) is 8.04. The molecule has 96 valence electrons. The van der Waals surface area contributed by atoms with E-state index in [1.165, 1.54) is 19.3 Å². The van der Waals surface area contributed by atoms with Gasteiger partial charge in [0.15, 0.2) is 0 Å². The van der Waals surface area contributed by atoms with Crippen LogP contribution in [0.2, 0.25) is 0 Å². The summed E-state index contributed by atoms with van der Waals surface area (Å²) in [7, 11) is 2.02. The Hall–Kier alpha value is -1.29. The summed E-state index contributed by atoms with van der Waals surface area (Å²) >= 11 is 0. The zero-order chi connectivity index (χ0) is 12.8. The minimum absolute atomic E-state index is 0.0574. The lowest BCUT2D eigenvalue weighted by molar-refractivity contribution is 0.0657. The molecule has 0 radical (unpaired) electrons. The quantitative estimate of drug-likeness (QED) is 0.743. The Morgan fingerprint density at radius 2 is 2.18 bits per heavy atom. The molecule has 1 aromatic rings. The second kappa shape index (κ2) is 6.45. The molecule has 4 nitrogen and oxygen atoms in total. The second-order valence-corrected chi connectivity index (χ2v) is 4.47. The van der Waals surface area contributed by atoms with Crippen LogP contribution in [0.25, 0.3) is 0 Å². The molecule has 1 N–H and O–H groups in total. The Morgan fingerprint density at radius 3 is 2.71 bits per heavy atom. The largest absolute Gasteiger partial charge is 0.475 e. The molecule has 0 aliphatic heterocycles. The van der Waals surface area contributed by atoms with Gasteiger partial charge in [0.05, 0.1) is 6.54 Å². The standard InChI is InChI=1S/C13H21NO3/c1-4-5-6-7-14(3)9-11-8-10(2)12(17-11)13(15)16/h8H,4-7,9H2,1-3H3,(H,15,16). The van der Waals surface area contributed by atoms with E-state index in [9.17, 15) is 4.79 Å². The Kier molecular flexibility index (Phi) is 5.22. The van der Waals surface area contributed by atoms with Crippen LogP contribution in [0.3, 0.4) is 0 Å². The molecular formula is C13H21NO3. The van der Waals surface area contributed by atoms with Gasteiger partial charge in [-0.05, 0) is 33.0 Å². The number of aromatic carboxylic acids is 1. The van der Waals surface area contributed by atoms with Crippen LogP contribution < -0.4 is 0 Å². The number of nitrogens with zero attached hydrogens (tertiary/aromatic N) is 1. The number of furan rings is 1. The molecule has 0 saturated carbocycles. The molecule has 0 spiro atoms. The van der Waals surface area contributed by atoms with Gasteiger partial charge in [0.1, 0.15) is 5.76 Å². The lowest BCUT2D eigenvalue weighted by Gasteiger charge is -2.14. The predicted molar refractivity (Wildman–Crippen MR) is 66.3 cm³/mol. The van der Waals surface area contributed by atoms with Crippen molar-refractivity contribution >= 4 is 5.97 Å². The fourth-order valence-corrected chi connectivity index (χ4v) is 1.82. The predicted octanol–water partition coefficient (Wildman–Crippen LogP) is 2.91. The van der Waals surface area contributed by atoms with Gasteiger partial charge in [0, 0.05) is 5.56 Å². The lowest BCUT2D eigenvalue weighted by atomic mass is 10.2. The molecule has 17 heavy (non-hydrogen) atoms. The number of aryl methyl sites for hydroxylation is 1. The molecule has 0 unspecified atom stereocenters. The molecule has 0 fully saturated rings. The first-order valence-electron chi connectivity index (χ1n) is 6.05. The van der Waals surface area contributed by atoms with Gasteiger partial charge in [-0.15, -0.1) is 0 Å². The molecule has 0 atom stereocenters. The van der Waals surface area contributed by atoms with Gasteiger partial charge in [0.2, 0.25) is 5.76 Å². The van der Waals surface area contributed by atoms with E-state index >= 15 is 0 Å². The van der Waals surface area contributed by atoms with E-state index in [-0.39, 0.29) is 5.76 Å². The molecule has 0 aromatic carbocycles. The maximum atomic E-state index is 10.8. The van der Waals surface area contributed by atoms with E-state index in [0.717, 1.165) is 12.3 Å². The average Bonchev–Trinajstić information content (AvgIpc) is 2.60. The molecule has 1 aromatic heterocycles. The van der Waals surface area contributed by atoms with Gasteiger partial charge in [-0.2, -0.15) is 0 Å². The number of carboxylic acid groups (broad SMARTS) is 1. The van der Waals surface area contributed by atoms with Crippen LogP contribution in [-0.4, -0.2) is 29.6 Å². The van der Waals surface area contributed by atoms with Crippen LogP contribution >= 0.6 is 0 Å². The van der Waals surface area contributed by atoms with Crippen molar-refractivity contribution in [2.75, 3.05) is 13.6 Å². The van der Waals surface area contributed by atoms with E-state index in [1.807, 2.05) is 7.05 Å². The van der Waals surface area contributed by atoms with Crippen LogP contribution in [0.15, 0.2) is 10.5 Å². The van der Waals surface area contributed by atoms with Gasteiger partial charge < -0.3 is 9.52 Å². The molecule has 0 bridgehead atoms. The Balaban J connectivity index is 2.51. The second-order valence-electron chi connectivity index (χ2n) is 4.47. The highest BCUT2D eigenvalue weighted by Gasteiger charge is 2.14. The fourth-order valence-electron chi connectivity index (χ4n) is 1.82. The third kappa shape index (κ3) is 4.23. The van der Waals surface area contributed by atoms with Gasteiger partial charge in [-0.25, -0.2) is 4.79 Å². The van der Waals surface area contributed by atoms with Crippen molar-refractivity contribution in [3.8, 4) is 0 Å². The van der Waals surface area contributed by atoms with E-state index in [2.05, 4.69) is 11.8 Å². The molecule has 0 saturated heterocycles. The van der Waals surface area contributed by atoms with Crippen molar-refractivity contribution in [2.24, 2.45) is 0 Å². The summed E-state index contributed by atoms with van der Waals surface area (Å²) in [6.45, 7) is 5.61. The summed E-state index contributed by atoms with van der Waals surface area (Å²) in [6.07, 6.45) is 3.59. The SMILES string of the molecule is CCCCCN(C)Cc1cc(C)c(C(=O)O)o1. The molecule has 1 rings (SSSR count). The van der Waals surface area contributed by atoms with Crippen LogP contribution in [0.1, 0.15) is 48.1 Å². The van der Waals surface area contributed by atoms with Crippen molar-refractivity contribution in [3.05, 3.63) is 23.2 Å². The van der Waals surface area contributed by atoms with Crippen molar-refractivity contribution in [1.82, 2.24) is 4.90 Å². The highest BCUT2D eigenvalue weighted by atomic mass is 16.4. The lowest BCUT2D eigenvalue weighted by Crippen LogP contribution is -2.18. The molecule has 0 amide bonds. The first kappa shape index (κ1) is 13.8. The summed E-state index contributed by atoms with van der Waals surface area (Å²) in [6, 6.07) is 1.81. The monoisotopic (exact) mass is 239 g/mol. The molecular weight excluding hydrogens is 218 g/mol. The molecule has 0 aliphatic rings. The zero-order valence-corrected chi connectivity index (χ0v) is 10.8.